The molecule has 1 saturated heterocycles. The molecule has 2 unspecified atom stereocenters. The molecule has 1 N–H and O–H groups in total. The van der Waals surface area contributed by atoms with E-state index in [9.17, 15) is 15.2 Å². The largest absolute Gasteiger partial charge is 0.496 e. The number of hydrogen-bond acceptors (Lipinski definition) is 6. The Balaban J connectivity index is 2.37. The maximum absolute atomic E-state index is 11.2. The van der Waals surface area contributed by atoms with Crippen LogP contribution in [0.3, 0.4) is 0 Å². The van der Waals surface area contributed by atoms with Gasteiger partial charge in [-0.3, -0.25) is 10.1 Å². The lowest BCUT2D eigenvalue weighted by Gasteiger charge is -2.38. The highest BCUT2D eigenvalue weighted by Crippen LogP contribution is 2.34. The van der Waals surface area contributed by atoms with E-state index >= 15 is 0 Å². The predicted octanol–water partition coefficient (Wildman–Crippen LogP) is 1.19. The summed E-state index contributed by atoms with van der Waals surface area (Å²) >= 11 is 0. The van der Waals surface area contributed by atoms with Gasteiger partial charge in [0.1, 0.15) is 11.4 Å². The topological polar surface area (TPSA) is 85.1 Å². The molecule has 0 saturated carbocycles. The van der Waals surface area contributed by atoms with Gasteiger partial charge < -0.3 is 19.5 Å². The Morgan fingerprint density at radius 1 is 1.60 bits per heavy atom. The van der Waals surface area contributed by atoms with E-state index < -0.39 is 4.92 Å². The minimum atomic E-state index is -0.423. The molecule has 0 radical (unpaired) electrons. The van der Waals surface area contributed by atoms with Crippen LogP contribution >= 0.6 is 0 Å². The van der Waals surface area contributed by atoms with Crippen LogP contribution in [0.4, 0.5) is 11.4 Å². The maximum atomic E-state index is 11.2. The van der Waals surface area contributed by atoms with Gasteiger partial charge in [-0.15, -0.1) is 0 Å². The first-order valence-corrected chi connectivity index (χ1v) is 6.38. The van der Waals surface area contributed by atoms with Crippen molar-refractivity contribution in [1.29, 1.82) is 0 Å². The molecule has 0 bridgehead atoms. The summed E-state index contributed by atoms with van der Waals surface area (Å²) in [6.07, 6.45) is -0.326. The van der Waals surface area contributed by atoms with Gasteiger partial charge in [0, 0.05) is 12.6 Å². The highest BCUT2D eigenvalue weighted by molar-refractivity contribution is 5.66. The highest BCUT2D eigenvalue weighted by atomic mass is 16.6. The number of morpholine rings is 1. The number of ether oxygens (including phenoxy) is 2. The van der Waals surface area contributed by atoms with Gasteiger partial charge in [0.25, 0.3) is 5.69 Å². The summed E-state index contributed by atoms with van der Waals surface area (Å²) in [5, 5.41) is 20.4. The third kappa shape index (κ3) is 2.83. The molecular formula is C13H18N2O5. The van der Waals surface area contributed by atoms with E-state index in [1.54, 1.807) is 12.1 Å². The molecule has 0 aromatic heterocycles. The lowest BCUT2D eigenvalue weighted by Crippen LogP contribution is -2.49. The van der Waals surface area contributed by atoms with Crippen LogP contribution in [-0.2, 0) is 4.74 Å². The molecule has 20 heavy (non-hydrogen) atoms. The van der Waals surface area contributed by atoms with Crippen LogP contribution in [0.5, 0.6) is 5.75 Å². The molecule has 2 atom stereocenters. The number of aliphatic hydroxyl groups excluding tert-OH is 1. The van der Waals surface area contributed by atoms with Crippen LogP contribution < -0.4 is 9.64 Å². The van der Waals surface area contributed by atoms with Gasteiger partial charge in [0.05, 0.1) is 37.4 Å². The van der Waals surface area contributed by atoms with Crippen molar-refractivity contribution < 1.29 is 19.5 Å². The molecule has 1 fully saturated rings. The lowest BCUT2D eigenvalue weighted by molar-refractivity contribution is -0.384. The zero-order chi connectivity index (χ0) is 14.7. The Hall–Kier alpha value is -1.86. The van der Waals surface area contributed by atoms with Gasteiger partial charge in [-0.05, 0) is 19.1 Å². The number of hydrogen-bond donors (Lipinski definition) is 1. The number of aliphatic hydroxyl groups is 1. The smallest absolute Gasteiger partial charge is 0.296 e. The summed E-state index contributed by atoms with van der Waals surface area (Å²) < 4.78 is 10.5. The summed E-state index contributed by atoms with van der Waals surface area (Å²) in [4.78, 5) is 12.7. The summed E-state index contributed by atoms with van der Waals surface area (Å²) in [6.45, 7) is 2.67. The van der Waals surface area contributed by atoms with E-state index in [4.69, 9.17) is 9.47 Å². The lowest BCUT2D eigenvalue weighted by atomic mass is 10.1. The molecule has 1 aliphatic heterocycles. The van der Waals surface area contributed by atoms with Crippen LogP contribution in [-0.4, -0.2) is 49.0 Å². The second-order valence-electron chi connectivity index (χ2n) is 4.75. The number of nitro groups is 1. The van der Waals surface area contributed by atoms with Crippen molar-refractivity contribution in [3.8, 4) is 5.75 Å². The number of methoxy groups -OCH3 is 1. The quantitative estimate of drug-likeness (QED) is 0.659. The summed E-state index contributed by atoms with van der Waals surface area (Å²) in [7, 11) is 1.47. The van der Waals surface area contributed by atoms with Crippen molar-refractivity contribution in [1.82, 2.24) is 0 Å². The number of benzene rings is 1. The van der Waals surface area contributed by atoms with E-state index in [1.165, 1.54) is 13.2 Å². The number of anilines is 1. The average Bonchev–Trinajstić information content (AvgIpc) is 2.47. The molecule has 1 aromatic rings. The zero-order valence-corrected chi connectivity index (χ0v) is 11.5. The van der Waals surface area contributed by atoms with Crippen molar-refractivity contribution in [2.75, 3.05) is 31.8 Å². The third-order valence-electron chi connectivity index (χ3n) is 3.40. The van der Waals surface area contributed by atoms with Crippen LogP contribution in [0.1, 0.15) is 6.92 Å². The average molecular weight is 282 g/mol. The van der Waals surface area contributed by atoms with E-state index in [0.29, 0.717) is 24.6 Å². The predicted molar refractivity (Wildman–Crippen MR) is 73.3 cm³/mol. The van der Waals surface area contributed by atoms with Crippen molar-refractivity contribution in [2.24, 2.45) is 0 Å². The summed E-state index contributed by atoms with van der Waals surface area (Å²) in [5.41, 5.74) is 0.514. The highest BCUT2D eigenvalue weighted by Gasteiger charge is 2.30. The Morgan fingerprint density at radius 2 is 2.35 bits per heavy atom. The molecule has 110 valence electrons. The Morgan fingerprint density at radius 3 is 2.95 bits per heavy atom. The minimum Gasteiger partial charge on any atom is -0.496 e. The monoisotopic (exact) mass is 282 g/mol. The zero-order valence-electron chi connectivity index (χ0n) is 11.5. The van der Waals surface area contributed by atoms with Gasteiger partial charge >= 0.3 is 0 Å². The molecule has 2 rings (SSSR count). The minimum absolute atomic E-state index is 0.00453. The first kappa shape index (κ1) is 14.5. The van der Waals surface area contributed by atoms with Crippen LogP contribution in [0.2, 0.25) is 0 Å². The van der Waals surface area contributed by atoms with E-state index in [-0.39, 0.29) is 24.4 Å². The molecule has 0 amide bonds. The Bertz CT molecular complexity index is 494. The standard InChI is InChI=1S/C13H18N2O5/c1-9-8-20-11(7-16)6-14(9)12-4-3-10(19-2)5-13(12)15(17)18/h3-5,9,11,16H,6-8H2,1-2H3. The van der Waals surface area contributed by atoms with Gasteiger partial charge in [0.15, 0.2) is 0 Å². The van der Waals surface area contributed by atoms with Crippen molar-refractivity contribution in [3.05, 3.63) is 28.3 Å². The number of nitro benzene ring substituents is 1. The summed E-state index contributed by atoms with van der Waals surface area (Å²) in [6, 6.07) is 4.78. The molecule has 1 heterocycles. The summed E-state index contributed by atoms with van der Waals surface area (Å²) in [5.74, 6) is 0.445. The first-order chi connectivity index (χ1) is 9.56. The van der Waals surface area contributed by atoms with Crippen LogP contribution in [0.15, 0.2) is 18.2 Å². The third-order valence-corrected chi connectivity index (χ3v) is 3.40. The fourth-order valence-electron chi connectivity index (χ4n) is 2.28. The molecule has 7 heteroatoms. The van der Waals surface area contributed by atoms with Gasteiger partial charge in [-0.1, -0.05) is 0 Å². The molecule has 0 aliphatic carbocycles. The van der Waals surface area contributed by atoms with Gasteiger partial charge in [0.2, 0.25) is 0 Å². The second kappa shape index (κ2) is 6.06. The molecular weight excluding hydrogens is 264 g/mol. The fourth-order valence-corrected chi connectivity index (χ4v) is 2.28. The van der Waals surface area contributed by atoms with Crippen molar-refractivity contribution in [3.63, 3.8) is 0 Å². The molecule has 0 spiro atoms. The maximum Gasteiger partial charge on any atom is 0.296 e. The van der Waals surface area contributed by atoms with Gasteiger partial charge in [-0.2, -0.15) is 0 Å². The molecule has 1 aromatic carbocycles. The van der Waals surface area contributed by atoms with Crippen molar-refractivity contribution >= 4 is 11.4 Å². The fraction of sp³-hybridized carbons (Fsp3) is 0.538. The number of rotatable bonds is 4. The SMILES string of the molecule is COc1ccc(N2CC(CO)OCC2C)c([N+](=O)[O-])c1. The van der Waals surface area contributed by atoms with E-state index in [0.717, 1.165) is 0 Å². The first-order valence-electron chi connectivity index (χ1n) is 6.38. The normalized spacial score (nSPS) is 22.6. The Kier molecular flexibility index (Phi) is 4.41. The van der Waals surface area contributed by atoms with E-state index in [1.807, 2.05) is 11.8 Å². The van der Waals surface area contributed by atoms with Crippen LogP contribution in [0, 0.1) is 10.1 Å². The Labute approximate surface area is 116 Å². The molecule has 1 aliphatic rings. The van der Waals surface area contributed by atoms with Gasteiger partial charge in [-0.25, -0.2) is 0 Å². The second-order valence-corrected chi connectivity index (χ2v) is 4.75. The van der Waals surface area contributed by atoms with E-state index in [2.05, 4.69) is 0 Å². The van der Waals surface area contributed by atoms with Crippen molar-refractivity contribution in [2.45, 2.75) is 19.1 Å². The number of nitrogens with zero attached hydrogens (tertiary/aromatic N) is 2. The van der Waals surface area contributed by atoms with Crippen LogP contribution in [0.25, 0.3) is 0 Å². The molecule has 7 nitrogen and oxygen atoms in total.